The Morgan fingerprint density at radius 1 is 1.25 bits per heavy atom. The van der Waals surface area contributed by atoms with Crippen molar-refractivity contribution in [3.8, 4) is 0 Å². The Balaban J connectivity index is 2.88. The summed E-state index contributed by atoms with van der Waals surface area (Å²) in [4.78, 5) is 3.04. The van der Waals surface area contributed by atoms with Crippen LogP contribution in [0.1, 0.15) is 5.56 Å². The van der Waals surface area contributed by atoms with Gasteiger partial charge in [0.2, 0.25) is 5.84 Å². The minimum Gasteiger partial charge on any atom is -0.380 e. The second-order valence-corrected chi connectivity index (χ2v) is 3.26. The lowest BCUT2D eigenvalue weighted by Gasteiger charge is -2.03. The van der Waals surface area contributed by atoms with E-state index in [1.807, 2.05) is 0 Å². The number of nitrogens with zero attached hydrogens (tertiary/aromatic N) is 1. The van der Waals surface area contributed by atoms with Crippen LogP contribution in [0.25, 0.3) is 6.08 Å². The van der Waals surface area contributed by atoms with Crippen LogP contribution in [0.2, 0.25) is 0 Å². The second kappa shape index (κ2) is 5.03. The van der Waals surface area contributed by atoms with Crippen LogP contribution in [0, 0.1) is 0 Å². The maximum atomic E-state index is 12.0. The predicted octanol–water partition coefficient (Wildman–Crippen LogP) is 3.14. The predicted molar refractivity (Wildman–Crippen MR) is 57.9 cm³/mol. The van der Waals surface area contributed by atoms with Gasteiger partial charge in [0.05, 0.1) is 0 Å². The molecular formula is C10H8ClF3N2. The SMILES string of the molecule is N/C(=N/C(Cl)=C\c1ccccc1)C(F)(F)F. The third-order valence-corrected chi connectivity index (χ3v) is 1.80. The Labute approximate surface area is 95.2 Å². The molecule has 2 N–H and O–H groups in total. The highest BCUT2D eigenvalue weighted by Gasteiger charge is 2.33. The number of hydrogen-bond acceptors (Lipinski definition) is 1. The standard InChI is InChI=1S/C10H8ClF3N2/c11-8(16-9(15)10(12,13)14)6-7-4-2-1-3-5-7/h1-6H,(H2,15,16)/b8-6-. The van der Waals surface area contributed by atoms with E-state index in [0.29, 0.717) is 5.56 Å². The van der Waals surface area contributed by atoms with E-state index < -0.39 is 12.0 Å². The molecular weight excluding hydrogens is 241 g/mol. The highest BCUT2D eigenvalue weighted by molar-refractivity contribution is 6.32. The summed E-state index contributed by atoms with van der Waals surface area (Å²) in [5.41, 5.74) is 5.35. The van der Waals surface area contributed by atoms with E-state index in [0.717, 1.165) is 0 Å². The van der Waals surface area contributed by atoms with Crippen molar-refractivity contribution in [2.45, 2.75) is 6.18 Å². The van der Waals surface area contributed by atoms with Crippen LogP contribution in [0.4, 0.5) is 13.2 Å². The summed E-state index contributed by atoms with van der Waals surface area (Å²) >= 11 is 5.51. The smallest absolute Gasteiger partial charge is 0.380 e. The third kappa shape index (κ3) is 3.94. The average Bonchev–Trinajstić information content (AvgIpc) is 2.17. The van der Waals surface area contributed by atoms with Gasteiger partial charge in [-0.2, -0.15) is 13.2 Å². The highest BCUT2D eigenvalue weighted by atomic mass is 35.5. The number of alkyl halides is 3. The minimum atomic E-state index is -4.66. The van der Waals surface area contributed by atoms with Gasteiger partial charge in [0.25, 0.3) is 0 Å². The molecule has 0 bridgehead atoms. The number of nitrogens with two attached hydrogens (primary N) is 1. The van der Waals surface area contributed by atoms with Gasteiger partial charge >= 0.3 is 6.18 Å². The second-order valence-electron chi connectivity index (χ2n) is 2.87. The van der Waals surface area contributed by atoms with Gasteiger partial charge in [0.15, 0.2) is 0 Å². The molecule has 1 rings (SSSR count). The van der Waals surface area contributed by atoms with E-state index >= 15 is 0 Å². The summed E-state index contributed by atoms with van der Waals surface area (Å²) < 4.78 is 36.0. The number of aliphatic imine (C=N–C) groups is 1. The summed E-state index contributed by atoms with van der Waals surface area (Å²) in [7, 11) is 0. The van der Waals surface area contributed by atoms with E-state index in [1.165, 1.54) is 6.08 Å². The van der Waals surface area contributed by atoms with Crippen LogP contribution in [0.15, 0.2) is 40.5 Å². The zero-order valence-electron chi connectivity index (χ0n) is 8.00. The summed E-state index contributed by atoms with van der Waals surface area (Å²) in [5.74, 6) is -1.47. The Hall–Kier alpha value is -1.49. The summed E-state index contributed by atoms with van der Waals surface area (Å²) in [6.45, 7) is 0. The Morgan fingerprint density at radius 3 is 2.31 bits per heavy atom. The lowest BCUT2D eigenvalue weighted by Crippen LogP contribution is -2.31. The van der Waals surface area contributed by atoms with Crippen molar-refractivity contribution in [2.24, 2.45) is 10.7 Å². The van der Waals surface area contributed by atoms with Crippen molar-refractivity contribution in [1.82, 2.24) is 0 Å². The van der Waals surface area contributed by atoms with Crippen molar-refractivity contribution < 1.29 is 13.2 Å². The maximum Gasteiger partial charge on any atom is 0.449 e. The molecule has 0 aliphatic carbocycles. The van der Waals surface area contributed by atoms with E-state index in [4.69, 9.17) is 17.3 Å². The molecule has 0 amide bonds. The molecule has 1 aromatic rings. The molecule has 16 heavy (non-hydrogen) atoms. The van der Waals surface area contributed by atoms with Gasteiger partial charge in [-0.1, -0.05) is 41.9 Å². The van der Waals surface area contributed by atoms with Crippen molar-refractivity contribution >= 4 is 23.5 Å². The van der Waals surface area contributed by atoms with E-state index in [2.05, 4.69) is 4.99 Å². The van der Waals surface area contributed by atoms with Crippen LogP contribution in [-0.4, -0.2) is 12.0 Å². The van der Waals surface area contributed by atoms with Crippen LogP contribution in [-0.2, 0) is 0 Å². The molecule has 0 spiro atoms. The Morgan fingerprint density at radius 2 is 1.81 bits per heavy atom. The Kier molecular flexibility index (Phi) is 3.95. The molecule has 0 atom stereocenters. The minimum absolute atomic E-state index is 0.318. The number of rotatable bonds is 2. The summed E-state index contributed by atoms with van der Waals surface area (Å²) in [6, 6.07) is 8.60. The van der Waals surface area contributed by atoms with E-state index in [-0.39, 0.29) is 5.16 Å². The summed E-state index contributed by atoms with van der Waals surface area (Å²) in [6.07, 6.45) is -3.37. The van der Waals surface area contributed by atoms with Crippen molar-refractivity contribution in [3.05, 3.63) is 41.1 Å². The largest absolute Gasteiger partial charge is 0.449 e. The maximum absolute atomic E-state index is 12.0. The molecule has 0 unspecified atom stereocenters. The fourth-order valence-corrected chi connectivity index (χ4v) is 1.11. The molecule has 86 valence electrons. The molecule has 0 radical (unpaired) electrons. The quantitative estimate of drug-likeness (QED) is 0.487. The van der Waals surface area contributed by atoms with Crippen molar-refractivity contribution in [2.75, 3.05) is 0 Å². The molecule has 0 fully saturated rings. The molecule has 0 aliphatic rings. The first kappa shape index (κ1) is 12.6. The lowest BCUT2D eigenvalue weighted by atomic mass is 10.2. The molecule has 0 heterocycles. The van der Waals surface area contributed by atoms with Crippen LogP contribution in [0.3, 0.4) is 0 Å². The summed E-state index contributed by atoms with van der Waals surface area (Å²) in [5, 5.41) is -0.318. The zero-order chi connectivity index (χ0) is 12.2. The highest BCUT2D eigenvalue weighted by Crippen LogP contribution is 2.18. The average molecular weight is 249 g/mol. The van der Waals surface area contributed by atoms with E-state index in [1.54, 1.807) is 30.3 Å². The van der Waals surface area contributed by atoms with Gasteiger partial charge in [0.1, 0.15) is 5.16 Å². The zero-order valence-corrected chi connectivity index (χ0v) is 8.76. The normalized spacial score (nSPS) is 14.0. The van der Waals surface area contributed by atoms with Gasteiger partial charge in [0, 0.05) is 0 Å². The van der Waals surface area contributed by atoms with Gasteiger partial charge in [-0.05, 0) is 11.6 Å². The fraction of sp³-hybridized carbons (Fsp3) is 0.100. The molecule has 0 aliphatic heterocycles. The molecule has 0 saturated carbocycles. The number of hydrogen-bond donors (Lipinski definition) is 1. The molecule has 0 aromatic heterocycles. The number of halogens is 4. The number of benzene rings is 1. The molecule has 6 heteroatoms. The first-order valence-corrected chi connectivity index (χ1v) is 4.61. The topological polar surface area (TPSA) is 38.4 Å². The van der Waals surface area contributed by atoms with Crippen molar-refractivity contribution in [3.63, 3.8) is 0 Å². The molecule has 2 nitrogen and oxygen atoms in total. The fourth-order valence-electron chi connectivity index (χ4n) is 0.898. The molecule has 0 saturated heterocycles. The Bertz CT molecular complexity index is 410. The van der Waals surface area contributed by atoms with Crippen molar-refractivity contribution in [1.29, 1.82) is 0 Å². The van der Waals surface area contributed by atoms with E-state index in [9.17, 15) is 13.2 Å². The third-order valence-electron chi connectivity index (χ3n) is 1.60. The lowest BCUT2D eigenvalue weighted by molar-refractivity contribution is -0.0598. The monoisotopic (exact) mass is 248 g/mol. The number of amidine groups is 1. The first-order chi connectivity index (χ1) is 7.39. The van der Waals surface area contributed by atoms with Crippen LogP contribution in [0.5, 0.6) is 0 Å². The van der Waals surface area contributed by atoms with Gasteiger partial charge in [-0.15, -0.1) is 0 Å². The van der Waals surface area contributed by atoms with Crippen LogP contribution >= 0.6 is 11.6 Å². The molecule has 1 aromatic carbocycles. The van der Waals surface area contributed by atoms with Gasteiger partial charge in [-0.3, -0.25) is 0 Å². The van der Waals surface area contributed by atoms with Gasteiger partial charge < -0.3 is 5.73 Å². The van der Waals surface area contributed by atoms with Gasteiger partial charge in [-0.25, -0.2) is 4.99 Å². The first-order valence-electron chi connectivity index (χ1n) is 4.23. The van der Waals surface area contributed by atoms with Crippen LogP contribution < -0.4 is 5.73 Å².